The molecule has 0 aromatic heterocycles. The van der Waals surface area contributed by atoms with Gasteiger partial charge in [0.15, 0.2) is 5.60 Å². The second kappa shape index (κ2) is 8.03. The average Bonchev–Trinajstić information content (AvgIpc) is 3.14. The highest BCUT2D eigenvalue weighted by Crippen LogP contribution is 2.49. The van der Waals surface area contributed by atoms with E-state index in [9.17, 15) is 4.39 Å². The van der Waals surface area contributed by atoms with Crippen LogP contribution < -0.4 is 20.9 Å². The smallest absolute Gasteiger partial charge is 0.150 e. The number of halogens is 2. The van der Waals surface area contributed by atoms with Crippen LogP contribution in [-0.2, 0) is 12.0 Å². The number of hydrogen-bond acceptors (Lipinski definition) is 4. The van der Waals surface area contributed by atoms with Crippen molar-refractivity contribution in [1.82, 2.24) is 0 Å². The van der Waals surface area contributed by atoms with E-state index in [0.29, 0.717) is 40.6 Å². The number of fused-ring (bicyclic) bond motifs is 1. The van der Waals surface area contributed by atoms with Crippen molar-refractivity contribution in [1.29, 1.82) is 0 Å². The van der Waals surface area contributed by atoms with Crippen molar-refractivity contribution in [2.75, 3.05) is 19.7 Å². The fourth-order valence-electron chi connectivity index (χ4n) is 3.84. The molecule has 0 saturated carbocycles. The molecule has 1 heterocycles. The van der Waals surface area contributed by atoms with Gasteiger partial charge in [0.05, 0.1) is 5.56 Å². The Bertz CT molecular complexity index is 1030. The molecule has 0 spiro atoms. The molecule has 29 heavy (non-hydrogen) atoms. The summed E-state index contributed by atoms with van der Waals surface area (Å²) in [5.41, 5.74) is 13.7. The zero-order chi connectivity index (χ0) is 20.4. The molecule has 0 bridgehead atoms. The van der Waals surface area contributed by atoms with Crippen LogP contribution in [0.2, 0.25) is 5.02 Å². The standard InChI is InChI=1S/C23H22ClFN2O2/c24-17-9-10-19-16(13-23(14-27,29-19)15-5-2-1-3-6-15)21(17)22-18(25)7-4-8-20(22)28-12-11-26/h1-10H,11-14,26-27H2. The van der Waals surface area contributed by atoms with E-state index in [-0.39, 0.29) is 13.2 Å². The summed E-state index contributed by atoms with van der Waals surface area (Å²) in [6, 6.07) is 18.0. The molecule has 0 radical (unpaired) electrons. The van der Waals surface area contributed by atoms with Gasteiger partial charge in [-0.3, -0.25) is 0 Å². The fourth-order valence-corrected chi connectivity index (χ4v) is 4.12. The third-order valence-electron chi connectivity index (χ3n) is 5.22. The highest BCUT2D eigenvalue weighted by molar-refractivity contribution is 6.33. The van der Waals surface area contributed by atoms with E-state index in [1.54, 1.807) is 18.2 Å². The molecule has 4 N–H and O–H groups in total. The maximum atomic E-state index is 15.0. The van der Waals surface area contributed by atoms with Crippen LogP contribution in [0.15, 0.2) is 60.7 Å². The normalized spacial score (nSPS) is 17.7. The number of benzene rings is 3. The zero-order valence-corrected chi connectivity index (χ0v) is 16.6. The number of ether oxygens (including phenoxy) is 2. The predicted octanol–water partition coefficient (Wildman–Crippen LogP) is 4.27. The molecule has 0 amide bonds. The van der Waals surface area contributed by atoms with E-state index in [2.05, 4.69) is 0 Å². The molecule has 150 valence electrons. The van der Waals surface area contributed by atoms with E-state index >= 15 is 0 Å². The van der Waals surface area contributed by atoms with Crippen molar-refractivity contribution in [3.05, 3.63) is 82.6 Å². The minimum Gasteiger partial charge on any atom is -0.492 e. The molecule has 1 aliphatic rings. The minimum absolute atomic E-state index is 0.274. The van der Waals surface area contributed by atoms with E-state index in [1.807, 2.05) is 36.4 Å². The highest BCUT2D eigenvalue weighted by atomic mass is 35.5. The quantitative estimate of drug-likeness (QED) is 0.634. The van der Waals surface area contributed by atoms with E-state index in [1.165, 1.54) is 6.07 Å². The van der Waals surface area contributed by atoms with Crippen molar-refractivity contribution in [2.24, 2.45) is 11.5 Å². The van der Waals surface area contributed by atoms with Crippen molar-refractivity contribution < 1.29 is 13.9 Å². The van der Waals surface area contributed by atoms with Crippen LogP contribution in [-0.4, -0.2) is 19.7 Å². The van der Waals surface area contributed by atoms with Gasteiger partial charge in [-0.05, 0) is 29.8 Å². The Hall–Kier alpha value is -2.60. The highest BCUT2D eigenvalue weighted by Gasteiger charge is 2.42. The lowest BCUT2D eigenvalue weighted by Gasteiger charge is -2.27. The lowest BCUT2D eigenvalue weighted by Crippen LogP contribution is -2.39. The summed E-state index contributed by atoms with van der Waals surface area (Å²) < 4.78 is 27.0. The van der Waals surface area contributed by atoms with Gasteiger partial charge in [-0.2, -0.15) is 0 Å². The van der Waals surface area contributed by atoms with Gasteiger partial charge in [-0.1, -0.05) is 48.0 Å². The largest absolute Gasteiger partial charge is 0.492 e. The molecule has 4 nitrogen and oxygen atoms in total. The van der Waals surface area contributed by atoms with Gasteiger partial charge >= 0.3 is 0 Å². The van der Waals surface area contributed by atoms with Gasteiger partial charge in [-0.15, -0.1) is 0 Å². The SMILES string of the molecule is NCCOc1cccc(F)c1-c1c(Cl)ccc2c1CC(CN)(c1ccccc1)O2. The van der Waals surface area contributed by atoms with Crippen molar-refractivity contribution in [3.8, 4) is 22.6 Å². The monoisotopic (exact) mass is 412 g/mol. The topological polar surface area (TPSA) is 70.5 Å². The molecule has 3 aromatic carbocycles. The summed E-state index contributed by atoms with van der Waals surface area (Å²) in [5.74, 6) is 0.627. The molecule has 1 aliphatic heterocycles. The van der Waals surface area contributed by atoms with Crippen LogP contribution >= 0.6 is 11.6 Å². The van der Waals surface area contributed by atoms with Crippen molar-refractivity contribution in [3.63, 3.8) is 0 Å². The van der Waals surface area contributed by atoms with Gasteiger partial charge in [0.25, 0.3) is 0 Å². The van der Waals surface area contributed by atoms with Gasteiger partial charge in [0.1, 0.15) is 23.9 Å². The Kier molecular flexibility index (Phi) is 5.46. The van der Waals surface area contributed by atoms with Gasteiger partial charge < -0.3 is 20.9 Å². The van der Waals surface area contributed by atoms with Crippen LogP contribution in [0, 0.1) is 5.82 Å². The van der Waals surface area contributed by atoms with E-state index < -0.39 is 11.4 Å². The summed E-state index contributed by atoms with van der Waals surface area (Å²) in [5, 5.41) is 0.427. The average molecular weight is 413 g/mol. The molecule has 1 atom stereocenters. The molecule has 3 aromatic rings. The fraction of sp³-hybridized carbons (Fsp3) is 0.217. The lowest BCUT2D eigenvalue weighted by atomic mass is 9.86. The van der Waals surface area contributed by atoms with Gasteiger partial charge in [0.2, 0.25) is 0 Å². The zero-order valence-electron chi connectivity index (χ0n) is 15.8. The summed E-state index contributed by atoms with van der Waals surface area (Å²) in [6.07, 6.45) is 0.476. The first-order valence-electron chi connectivity index (χ1n) is 9.47. The molecular formula is C23H22ClFN2O2. The maximum absolute atomic E-state index is 15.0. The minimum atomic E-state index is -0.730. The van der Waals surface area contributed by atoms with Crippen LogP contribution in [0.3, 0.4) is 0 Å². The summed E-state index contributed by atoms with van der Waals surface area (Å²) in [4.78, 5) is 0. The van der Waals surface area contributed by atoms with Crippen molar-refractivity contribution in [2.45, 2.75) is 12.0 Å². The third kappa shape index (κ3) is 3.46. The van der Waals surface area contributed by atoms with E-state index in [4.69, 9.17) is 32.5 Å². The van der Waals surface area contributed by atoms with E-state index in [0.717, 1.165) is 11.1 Å². The first-order valence-corrected chi connectivity index (χ1v) is 9.85. The predicted molar refractivity (Wildman–Crippen MR) is 113 cm³/mol. The van der Waals surface area contributed by atoms with Gasteiger partial charge in [0, 0.05) is 35.7 Å². The molecule has 6 heteroatoms. The van der Waals surface area contributed by atoms with Crippen molar-refractivity contribution >= 4 is 11.6 Å². The van der Waals surface area contributed by atoms with Gasteiger partial charge in [-0.25, -0.2) is 4.39 Å². The Labute approximate surface area is 174 Å². The van der Waals surface area contributed by atoms with Crippen LogP contribution in [0.25, 0.3) is 11.1 Å². The Balaban J connectivity index is 1.87. The first kappa shape index (κ1) is 19.7. The number of rotatable bonds is 6. The Morgan fingerprint density at radius 2 is 1.79 bits per heavy atom. The molecular weight excluding hydrogens is 391 g/mol. The van der Waals surface area contributed by atoms with Crippen LogP contribution in [0.5, 0.6) is 11.5 Å². The maximum Gasteiger partial charge on any atom is 0.150 e. The molecule has 1 unspecified atom stereocenters. The molecule has 0 saturated heterocycles. The number of hydrogen-bond donors (Lipinski definition) is 2. The second-order valence-corrected chi connectivity index (χ2v) is 7.40. The summed E-state index contributed by atoms with van der Waals surface area (Å²) >= 11 is 6.57. The van der Waals surface area contributed by atoms with Crippen LogP contribution in [0.4, 0.5) is 4.39 Å². The Morgan fingerprint density at radius 3 is 2.52 bits per heavy atom. The molecule has 0 fully saturated rings. The first-order chi connectivity index (χ1) is 14.1. The van der Waals surface area contributed by atoms with Crippen LogP contribution in [0.1, 0.15) is 11.1 Å². The third-order valence-corrected chi connectivity index (χ3v) is 5.53. The number of nitrogens with two attached hydrogens (primary N) is 2. The summed E-state index contributed by atoms with van der Waals surface area (Å²) in [6.45, 7) is 0.872. The molecule has 4 rings (SSSR count). The second-order valence-electron chi connectivity index (χ2n) is 6.99. The molecule has 0 aliphatic carbocycles. The summed E-state index contributed by atoms with van der Waals surface area (Å²) in [7, 11) is 0. The lowest BCUT2D eigenvalue weighted by molar-refractivity contribution is 0.103. The Morgan fingerprint density at radius 1 is 1.00 bits per heavy atom.